The van der Waals surface area contributed by atoms with Crippen LogP contribution >= 0.6 is 0 Å². The second-order valence-corrected chi connectivity index (χ2v) is 23.3. The molecule has 78 heavy (non-hydrogen) atoms. The Hall–Kier alpha value is -1.50. The largest absolute Gasteiger partial charge is 0.462 e. The van der Waals surface area contributed by atoms with Gasteiger partial charge >= 0.3 is 11.9 Å². The van der Waals surface area contributed by atoms with Crippen LogP contribution in [0.5, 0.6) is 0 Å². The summed E-state index contributed by atoms with van der Waals surface area (Å²) in [5.41, 5.74) is 0. The van der Waals surface area contributed by atoms with E-state index in [-0.39, 0.29) is 26.1 Å². The van der Waals surface area contributed by atoms with Gasteiger partial charge in [0.05, 0.1) is 19.8 Å². The molecule has 7 N–H and O–H groups in total. The van der Waals surface area contributed by atoms with E-state index in [1.807, 2.05) is 0 Å². The van der Waals surface area contributed by atoms with Gasteiger partial charge < -0.3 is 64.2 Å². The second-order valence-electron chi connectivity index (χ2n) is 23.3. The van der Waals surface area contributed by atoms with E-state index in [1.165, 1.54) is 218 Å². The smallest absolute Gasteiger partial charge is 0.306 e. The Morgan fingerprint density at radius 3 is 1.00 bits per heavy atom. The summed E-state index contributed by atoms with van der Waals surface area (Å²) in [5, 5.41) is 72.4. The molecule has 2 aliphatic heterocycles. The molecule has 0 aliphatic carbocycles. The first-order valence-corrected chi connectivity index (χ1v) is 32.6. The highest BCUT2D eigenvalue weighted by atomic mass is 16.7. The van der Waals surface area contributed by atoms with Gasteiger partial charge in [0.2, 0.25) is 0 Å². The number of aliphatic hydroxyl groups is 7. The first-order chi connectivity index (χ1) is 38.0. The summed E-state index contributed by atoms with van der Waals surface area (Å²) >= 11 is 0. The minimum Gasteiger partial charge on any atom is -0.462 e. The van der Waals surface area contributed by atoms with Crippen molar-refractivity contribution in [3.63, 3.8) is 0 Å². The van der Waals surface area contributed by atoms with Gasteiger partial charge in [-0.3, -0.25) is 9.59 Å². The fourth-order valence-electron chi connectivity index (χ4n) is 10.8. The van der Waals surface area contributed by atoms with E-state index >= 15 is 0 Å². The summed E-state index contributed by atoms with van der Waals surface area (Å²) in [6.07, 6.45) is 37.0. The van der Waals surface area contributed by atoms with Crippen LogP contribution in [0.25, 0.3) is 0 Å². The lowest BCUT2D eigenvalue weighted by Crippen LogP contribution is -2.61. The maximum atomic E-state index is 13.1. The van der Waals surface area contributed by atoms with E-state index < -0.39 is 92.7 Å². The minimum atomic E-state index is -1.76. The Morgan fingerprint density at radius 2 is 0.654 bits per heavy atom. The average molecular weight is 1120 g/mol. The zero-order valence-electron chi connectivity index (χ0n) is 49.7. The maximum Gasteiger partial charge on any atom is 0.306 e. The molecule has 0 aromatic rings. The highest BCUT2D eigenvalue weighted by Crippen LogP contribution is 2.27. The first-order valence-electron chi connectivity index (χ1n) is 32.6. The van der Waals surface area contributed by atoms with Crippen LogP contribution in [0.4, 0.5) is 0 Å². The van der Waals surface area contributed by atoms with Crippen LogP contribution in [0, 0.1) is 0 Å². The number of esters is 2. The number of carbonyl (C=O) groups is 2. The lowest BCUT2D eigenvalue weighted by atomic mass is 9.98. The Kier molecular flexibility index (Phi) is 46.6. The minimum absolute atomic E-state index is 0.174. The second kappa shape index (κ2) is 50.1. The third-order valence-electron chi connectivity index (χ3n) is 16.1. The van der Waals surface area contributed by atoms with E-state index in [0.29, 0.717) is 12.8 Å². The topological polar surface area (TPSA) is 231 Å². The number of aliphatic hydroxyl groups excluding tert-OH is 7. The molecule has 0 bridgehead atoms. The molecule has 0 amide bonds. The van der Waals surface area contributed by atoms with Gasteiger partial charge in [-0.25, -0.2) is 0 Å². The SMILES string of the molecule is CCCCCCCCCCCCCCCCCCCCCCCC(=O)OCC(COC1OC(COC2OC(CO)C(O)C(O)C2O)C(O)C(O)C1O)OC(=O)CCCCCCCCCCCCCCCCCCCCCCC. The zero-order chi connectivity index (χ0) is 56.7. The van der Waals surface area contributed by atoms with Gasteiger partial charge in [-0.2, -0.15) is 0 Å². The van der Waals surface area contributed by atoms with Gasteiger partial charge in [0.25, 0.3) is 0 Å². The lowest BCUT2D eigenvalue weighted by Gasteiger charge is -2.42. The molecule has 0 spiro atoms. The third kappa shape index (κ3) is 36.2. The molecule has 11 unspecified atom stereocenters. The van der Waals surface area contributed by atoms with Gasteiger partial charge in [0, 0.05) is 12.8 Å². The van der Waals surface area contributed by atoms with E-state index in [4.69, 9.17) is 28.4 Å². The summed E-state index contributed by atoms with van der Waals surface area (Å²) in [6.45, 7) is 2.68. The van der Waals surface area contributed by atoms with Crippen molar-refractivity contribution < 1.29 is 73.8 Å². The van der Waals surface area contributed by atoms with Crippen LogP contribution < -0.4 is 0 Å². The number of unbranched alkanes of at least 4 members (excludes halogenated alkanes) is 40. The molecule has 0 radical (unpaired) electrons. The van der Waals surface area contributed by atoms with Crippen molar-refractivity contribution in [3.05, 3.63) is 0 Å². The summed E-state index contributed by atoms with van der Waals surface area (Å²) in [4.78, 5) is 26.0. The van der Waals surface area contributed by atoms with Gasteiger partial charge in [-0.1, -0.05) is 271 Å². The zero-order valence-corrected chi connectivity index (χ0v) is 49.7. The van der Waals surface area contributed by atoms with Crippen molar-refractivity contribution in [1.29, 1.82) is 0 Å². The normalized spacial score (nSPS) is 23.9. The van der Waals surface area contributed by atoms with E-state index in [0.717, 1.165) is 38.5 Å². The Bertz CT molecular complexity index is 1360. The van der Waals surface area contributed by atoms with Crippen LogP contribution in [0.2, 0.25) is 0 Å². The predicted molar refractivity (Wildman–Crippen MR) is 308 cm³/mol. The summed E-state index contributed by atoms with van der Waals surface area (Å²) < 4.78 is 33.8. The number of hydrogen-bond donors (Lipinski definition) is 7. The molecule has 15 nitrogen and oxygen atoms in total. The maximum absolute atomic E-state index is 13.1. The van der Waals surface area contributed by atoms with E-state index in [2.05, 4.69) is 13.8 Å². The number of carbonyl (C=O) groups excluding carboxylic acids is 2. The van der Waals surface area contributed by atoms with Gasteiger partial charge in [-0.05, 0) is 12.8 Å². The van der Waals surface area contributed by atoms with Crippen LogP contribution in [0.3, 0.4) is 0 Å². The molecule has 0 aromatic heterocycles. The van der Waals surface area contributed by atoms with Crippen molar-refractivity contribution in [3.8, 4) is 0 Å². The molecule has 2 heterocycles. The summed E-state index contributed by atoms with van der Waals surface area (Å²) in [6, 6.07) is 0. The van der Waals surface area contributed by atoms with Gasteiger partial charge in [0.15, 0.2) is 18.7 Å². The van der Waals surface area contributed by atoms with Crippen molar-refractivity contribution in [1.82, 2.24) is 0 Å². The number of rotatable bonds is 54. The van der Waals surface area contributed by atoms with Crippen molar-refractivity contribution in [2.24, 2.45) is 0 Å². The van der Waals surface area contributed by atoms with Crippen LogP contribution in [-0.2, 0) is 38.0 Å². The molecule has 11 atom stereocenters. The monoisotopic (exact) mass is 1120 g/mol. The average Bonchev–Trinajstić information content (AvgIpc) is 3.44. The molecule has 2 fully saturated rings. The number of hydrogen-bond acceptors (Lipinski definition) is 15. The fraction of sp³-hybridized carbons (Fsp3) is 0.968. The van der Waals surface area contributed by atoms with Gasteiger partial charge in [-0.15, -0.1) is 0 Å². The quantitative estimate of drug-likeness (QED) is 0.0222. The Labute approximate surface area is 474 Å². The third-order valence-corrected chi connectivity index (χ3v) is 16.1. The molecular weight excluding hydrogens is 997 g/mol. The summed E-state index contributed by atoms with van der Waals surface area (Å²) in [5.74, 6) is -0.899. The molecule has 0 aromatic carbocycles. The van der Waals surface area contributed by atoms with Crippen molar-refractivity contribution in [2.75, 3.05) is 26.4 Å². The highest BCUT2D eigenvalue weighted by molar-refractivity contribution is 5.70. The highest BCUT2D eigenvalue weighted by Gasteiger charge is 2.47. The standard InChI is InChI=1S/C63H120O15/c1-3-5-7-9-11-13-15-17-19-21-23-25-27-29-31-33-35-37-39-41-43-45-54(65)73-48-51(49-74-62-61(72)59(70)57(68)53(78-62)50-75-63-60(71)58(69)56(67)52(47-64)77-63)76-55(66)46-44-42-40-38-36-34-32-30-28-26-24-22-20-18-16-14-12-10-8-6-4-2/h51-53,56-64,67-72H,3-50H2,1-2H3. The summed E-state index contributed by atoms with van der Waals surface area (Å²) in [7, 11) is 0. The van der Waals surface area contributed by atoms with Gasteiger partial charge in [0.1, 0.15) is 55.4 Å². The molecule has 0 saturated carbocycles. The molecule has 2 saturated heterocycles. The van der Waals surface area contributed by atoms with Crippen molar-refractivity contribution >= 4 is 11.9 Å². The van der Waals surface area contributed by atoms with Crippen LogP contribution in [0.15, 0.2) is 0 Å². The molecule has 2 aliphatic rings. The van der Waals surface area contributed by atoms with E-state index in [9.17, 15) is 45.3 Å². The predicted octanol–water partition coefficient (Wildman–Crippen LogP) is 12.3. The Balaban J connectivity index is 1.69. The molecule has 15 heteroatoms. The first kappa shape index (κ1) is 72.6. The van der Waals surface area contributed by atoms with Crippen molar-refractivity contribution in [2.45, 2.75) is 364 Å². The molecule has 2 rings (SSSR count). The molecule has 462 valence electrons. The number of ether oxygens (including phenoxy) is 6. The van der Waals surface area contributed by atoms with Crippen LogP contribution in [-0.4, -0.2) is 142 Å². The lowest BCUT2D eigenvalue weighted by molar-refractivity contribution is -0.332. The molecular formula is C63H120O15. The van der Waals surface area contributed by atoms with Crippen LogP contribution in [0.1, 0.15) is 296 Å². The van der Waals surface area contributed by atoms with E-state index in [1.54, 1.807) is 0 Å². The fourth-order valence-corrected chi connectivity index (χ4v) is 10.8. The Morgan fingerprint density at radius 1 is 0.359 bits per heavy atom.